The van der Waals surface area contributed by atoms with E-state index in [1.165, 1.54) is 12.3 Å². The van der Waals surface area contributed by atoms with E-state index in [1.54, 1.807) is 12.3 Å². The van der Waals surface area contributed by atoms with E-state index in [0.29, 0.717) is 16.8 Å². The molecule has 1 amide bonds. The molecule has 6 heteroatoms. The molecule has 0 saturated heterocycles. The Kier molecular flexibility index (Phi) is 3.46. The van der Waals surface area contributed by atoms with Crippen LogP contribution in [0.5, 0.6) is 0 Å². The van der Waals surface area contributed by atoms with E-state index in [1.807, 2.05) is 18.2 Å². The molecule has 1 N–H and O–H groups in total. The summed E-state index contributed by atoms with van der Waals surface area (Å²) < 4.78 is 5.79. The highest BCUT2D eigenvalue weighted by Crippen LogP contribution is 2.25. The molecule has 0 unspecified atom stereocenters. The zero-order chi connectivity index (χ0) is 14.1. The Morgan fingerprint density at radius 2 is 2.20 bits per heavy atom. The largest absolute Gasteiger partial charge is 0.452 e. The molecule has 3 rings (SSSR count). The van der Waals surface area contributed by atoms with Gasteiger partial charge >= 0.3 is 0 Å². The molecular formula is C14H8BrClN2O2. The van der Waals surface area contributed by atoms with Gasteiger partial charge < -0.3 is 9.73 Å². The summed E-state index contributed by atoms with van der Waals surface area (Å²) in [5.74, 6) is -0.332. The first-order chi connectivity index (χ1) is 9.65. The minimum absolute atomic E-state index is 0.0680. The fraction of sp³-hybridized carbons (Fsp3) is 0. The summed E-state index contributed by atoms with van der Waals surface area (Å²) in [5, 5.41) is 3.78. The van der Waals surface area contributed by atoms with Crippen LogP contribution in [-0.4, -0.2) is 10.9 Å². The molecule has 0 fully saturated rings. The second kappa shape index (κ2) is 5.26. The molecule has 0 aliphatic heterocycles. The highest BCUT2D eigenvalue weighted by atomic mass is 79.9. The molecule has 1 aromatic carbocycles. The Morgan fingerprint density at radius 3 is 2.95 bits per heavy atom. The normalized spacial score (nSPS) is 10.7. The van der Waals surface area contributed by atoms with Crippen molar-refractivity contribution in [2.75, 3.05) is 5.32 Å². The monoisotopic (exact) mass is 350 g/mol. The van der Waals surface area contributed by atoms with Crippen molar-refractivity contribution in [3.63, 3.8) is 0 Å². The van der Waals surface area contributed by atoms with Gasteiger partial charge in [0.1, 0.15) is 0 Å². The molecule has 20 heavy (non-hydrogen) atoms. The Labute approximate surface area is 127 Å². The third-order valence-electron chi connectivity index (χ3n) is 2.79. The van der Waals surface area contributed by atoms with Crippen molar-refractivity contribution < 1.29 is 9.21 Å². The van der Waals surface area contributed by atoms with Crippen molar-refractivity contribution in [3.05, 3.63) is 58.0 Å². The average molecular weight is 352 g/mol. The second-order valence-electron chi connectivity index (χ2n) is 4.09. The zero-order valence-corrected chi connectivity index (χ0v) is 12.4. The van der Waals surface area contributed by atoms with E-state index in [2.05, 4.69) is 26.2 Å². The third-order valence-corrected chi connectivity index (χ3v) is 3.51. The van der Waals surface area contributed by atoms with Crippen LogP contribution in [0.4, 0.5) is 5.69 Å². The first-order valence-electron chi connectivity index (χ1n) is 5.74. The van der Waals surface area contributed by atoms with Crippen LogP contribution in [0.25, 0.3) is 10.9 Å². The minimum atomic E-state index is -0.332. The number of benzene rings is 1. The van der Waals surface area contributed by atoms with Crippen molar-refractivity contribution in [3.8, 4) is 0 Å². The molecule has 2 aromatic heterocycles. The van der Waals surface area contributed by atoms with Crippen LogP contribution in [0.1, 0.15) is 10.4 Å². The number of anilines is 1. The molecule has 0 radical (unpaired) electrons. The maximum absolute atomic E-state index is 12.1. The van der Waals surface area contributed by atoms with Gasteiger partial charge in [0.15, 0.2) is 0 Å². The number of para-hydroxylation sites is 1. The quantitative estimate of drug-likeness (QED) is 0.740. The number of rotatable bonds is 2. The van der Waals surface area contributed by atoms with Crippen molar-refractivity contribution in [1.29, 1.82) is 0 Å². The molecule has 0 spiro atoms. The van der Waals surface area contributed by atoms with Crippen molar-refractivity contribution >= 4 is 50.0 Å². The predicted octanol–water partition coefficient (Wildman–Crippen LogP) is 4.50. The number of carbonyl (C=O) groups excluding carboxylic acids is 1. The molecular weight excluding hydrogens is 344 g/mol. The number of amides is 1. The van der Waals surface area contributed by atoms with Gasteiger partial charge in [-0.2, -0.15) is 0 Å². The van der Waals surface area contributed by atoms with Crippen molar-refractivity contribution in [1.82, 2.24) is 4.98 Å². The van der Waals surface area contributed by atoms with Crippen LogP contribution in [0.2, 0.25) is 5.22 Å². The number of carbonyl (C=O) groups is 1. The fourth-order valence-corrected chi connectivity index (χ4v) is 2.43. The van der Waals surface area contributed by atoms with Gasteiger partial charge in [-0.3, -0.25) is 9.78 Å². The van der Waals surface area contributed by atoms with Gasteiger partial charge in [0, 0.05) is 16.1 Å². The molecule has 0 saturated carbocycles. The predicted molar refractivity (Wildman–Crippen MR) is 81.1 cm³/mol. The third kappa shape index (κ3) is 2.42. The Bertz CT molecular complexity index is 801. The number of hydrogen-bond donors (Lipinski definition) is 1. The number of aromatic nitrogens is 1. The van der Waals surface area contributed by atoms with E-state index < -0.39 is 0 Å². The molecule has 0 aliphatic rings. The SMILES string of the molecule is O=C(Nc1cccc2cc(Br)cnc12)c1ccoc1Cl. The van der Waals surface area contributed by atoms with E-state index in [9.17, 15) is 4.79 Å². The molecule has 0 aliphatic carbocycles. The number of nitrogens with one attached hydrogen (secondary N) is 1. The molecule has 0 bridgehead atoms. The summed E-state index contributed by atoms with van der Waals surface area (Å²) in [6, 6.07) is 9.02. The van der Waals surface area contributed by atoms with Gasteiger partial charge in [-0.15, -0.1) is 0 Å². The number of halogens is 2. The van der Waals surface area contributed by atoms with Crippen molar-refractivity contribution in [2.45, 2.75) is 0 Å². The van der Waals surface area contributed by atoms with E-state index >= 15 is 0 Å². The molecule has 4 nitrogen and oxygen atoms in total. The first kappa shape index (κ1) is 13.1. The highest BCUT2D eigenvalue weighted by molar-refractivity contribution is 9.10. The lowest BCUT2D eigenvalue weighted by molar-refractivity contribution is 0.102. The summed E-state index contributed by atoms with van der Waals surface area (Å²) in [5.41, 5.74) is 1.63. The number of furan rings is 1. The van der Waals surface area contributed by atoms with Gasteiger partial charge in [-0.05, 0) is 45.7 Å². The zero-order valence-electron chi connectivity index (χ0n) is 10.1. The van der Waals surface area contributed by atoms with Gasteiger partial charge in [-0.25, -0.2) is 0 Å². The molecule has 0 atom stereocenters. The van der Waals surface area contributed by atoms with Crippen LogP contribution in [-0.2, 0) is 0 Å². The van der Waals surface area contributed by atoms with Crippen LogP contribution in [0.3, 0.4) is 0 Å². The van der Waals surface area contributed by atoms with Crippen LogP contribution < -0.4 is 5.32 Å². The summed E-state index contributed by atoms with van der Waals surface area (Å²) in [6.45, 7) is 0. The lowest BCUT2D eigenvalue weighted by atomic mass is 10.2. The lowest BCUT2D eigenvalue weighted by Gasteiger charge is -2.07. The Hall–Kier alpha value is -1.85. The standard InChI is InChI=1S/C14H8BrClN2O2/c15-9-6-8-2-1-3-11(12(8)17-7-9)18-14(19)10-4-5-20-13(10)16/h1-7H,(H,18,19). The van der Waals surface area contributed by atoms with Crippen LogP contribution in [0, 0.1) is 0 Å². The fourth-order valence-electron chi connectivity index (χ4n) is 1.88. The van der Waals surface area contributed by atoms with Gasteiger partial charge in [0.25, 0.3) is 5.91 Å². The molecule has 100 valence electrons. The Morgan fingerprint density at radius 1 is 1.35 bits per heavy atom. The smallest absolute Gasteiger partial charge is 0.260 e. The van der Waals surface area contributed by atoms with E-state index in [4.69, 9.17) is 16.0 Å². The Balaban J connectivity index is 1.99. The highest BCUT2D eigenvalue weighted by Gasteiger charge is 2.14. The topological polar surface area (TPSA) is 55.1 Å². The number of fused-ring (bicyclic) bond motifs is 1. The second-order valence-corrected chi connectivity index (χ2v) is 5.35. The lowest BCUT2D eigenvalue weighted by Crippen LogP contribution is -2.11. The van der Waals surface area contributed by atoms with Gasteiger partial charge in [-0.1, -0.05) is 12.1 Å². The van der Waals surface area contributed by atoms with E-state index in [-0.39, 0.29) is 11.1 Å². The number of nitrogens with zero attached hydrogens (tertiary/aromatic N) is 1. The number of pyridine rings is 1. The molecule has 2 heterocycles. The van der Waals surface area contributed by atoms with Gasteiger partial charge in [0.05, 0.1) is 23.0 Å². The minimum Gasteiger partial charge on any atom is -0.452 e. The van der Waals surface area contributed by atoms with Crippen LogP contribution >= 0.6 is 27.5 Å². The summed E-state index contributed by atoms with van der Waals surface area (Å²) in [4.78, 5) is 16.4. The van der Waals surface area contributed by atoms with Crippen molar-refractivity contribution in [2.24, 2.45) is 0 Å². The summed E-state index contributed by atoms with van der Waals surface area (Å²) in [7, 11) is 0. The average Bonchev–Trinajstić information content (AvgIpc) is 2.85. The summed E-state index contributed by atoms with van der Waals surface area (Å²) in [6.07, 6.45) is 3.05. The summed E-state index contributed by atoms with van der Waals surface area (Å²) >= 11 is 9.16. The van der Waals surface area contributed by atoms with Crippen LogP contribution in [0.15, 0.2) is 51.7 Å². The van der Waals surface area contributed by atoms with Gasteiger partial charge in [0.2, 0.25) is 5.22 Å². The van der Waals surface area contributed by atoms with E-state index in [0.717, 1.165) is 9.86 Å². The maximum atomic E-state index is 12.1. The number of hydrogen-bond acceptors (Lipinski definition) is 3. The maximum Gasteiger partial charge on any atom is 0.260 e. The molecule has 3 aromatic rings. The first-order valence-corrected chi connectivity index (χ1v) is 6.91.